The molecule has 0 aromatic carbocycles. The summed E-state index contributed by atoms with van der Waals surface area (Å²) in [7, 11) is 0. The van der Waals surface area contributed by atoms with E-state index in [1.807, 2.05) is 13.8 Å². The summed E-state index contributed by atoms with van der Waals surface area (Å²) in [5.74, 6) is 1.08. The van der Waals surface area contributed by atoms with Crippen molar-refractivity contribution < 1.29 is 5.11 Å². The highest BCUT2D eigenvalue weighted by molar-refractivity contribution is 5.23. The van der Waals surface area contributed by atoms with E-state index in [0.29, 0.717) is 11.3 Å². The number of fused-ring (bicyclic) bond motifs is 1. The molecule has 2 aliphatic carbocycles. The van der Waals surface area contributed by atoms with Crippen LogP contribution in [-0.4, -0.2) is 10.7 Å². The Labute approximate surface area is 99.9 Å². The van der Waals surface area contributed by atoms with Crippen LogP contribution in [-0.2, 0) is 0 Å². The van der Waals surface area contributed by atoms with Gasteiger partial charge < -0.3 is 5.11 Å². The molecule has 0 bridgehead atoms. The van der Waals surface area contributed by atoms with Crippen molar-refractivity contribution in [3.05, 3.63) is 11.6 Å². The summed E-state index contributed by atoms with van der Waals surface area (Å²) in [5, 5.41) is 10.2. The van der Waals surface area contributed by atoms with E-state index in [4.69, 9.17) is 0 Å². The van der Waals surface area contributed by atoms with E-state index in [0.717, 1.165) is 12.3 Å². The second-order valence-electron chi connectivity index (χ2n) is 6.77. The number of allylic oxidation sites excluding steroid dienone is 1. The molecule has 0 amide bonds. The van der Waals surface area contributed by atoms with Gasteiger partial charge in [0, 0.05) is 5.92 Å². The van der Waals surface area contributed by atoms with Gasteiger partial charge >= 0.3 is 0 Å². The van der Waals surface area contributed by atoms with Gasteiger partial charge in [-0.1, -0.05) is 31.9 Å². The lowest BCUT2D eigenvalue weighted by Crippen LogP contribution is -2.38. The third-order valence-corrected chi connectivity index (χ3v) is 4.89. The SMILES string of the molecule is C[C@@H]1CCC[C@@]2(C)CCC(C(C)(C)O)C=C12. The zero-order chi connectivity index (χ0) is 12.0. The van der Waals surface area contributed by atoms with Crippen molar-refractivity contribution in [1.29, 1.82) is 0 Å². The molecule has 0 aliphatic heterocycles. The predicted molar refractivity (Wildman–Crippen MR) is 68.2 cm³/mol. The third-order valence-electron chi connectivity index (χ3n) is 4.89. The Morgan fingerprint density at radius 2 is 2.00 bits per heavy atom. The van der Waals surface area contributed by atoms with Crippen LogP contribution in [0.15, 0.2) is 11.6 Å². The summed E-state index contributed by atoms with van der Waals surface area (Å²) in [6.45, 7) is 8.68. The van der Waals surface area contributed by atoms with Crippen LogP contribution in [0.4, 0.5) is 0 Å². The van der Waals surface area contributed by atoms with E-state index in [2.05, 4.69) is 19.9 Å². The van der Waals surface area contributed by atoms with Gasteiger partial charge in [-0.05, 0) is 50.9 Å². The van der Waals surface area contributed by atoms with Crippen molar-refractivity contribution in [3.63, 3.8) is 0 Å². The summed E-state index contributed by atoms with van der Waals surface area (Å²) >= 11 is 0. The number of rotatable bonds is 1. The van der Waals surface area contributed by atoms with Gasteiger partial charge in [0.05, 0.1) is 5.60 Å². The predicted octanol–water partition coefficient (Wildman–Crippen LogP) is 3.92. The van der Waals surface area contributed by atoms with Gasteiger partial charge in [0.1, 0.15) is 0 Å². The van der Waals surface area contributed by atoms with Crippen LogP contribution < -0.4 is 0 Å². The lowest BCUT2D eigenvalue weighted by Gasteiger charge is -2.46. The molecule has 2 aliphatic rings. The first-order valence-electron chi connectivity index (χ1n) is 6.77. The topological polar surface area (TPSA) is 20.2 Å². The average Bonchev–Trinajstić information content (AvgIpc) is 2.15. The molecule has 1 heteroatoms. The van der Waals surface area contributed by atoms with Gasteiger partial charge in [-0.2, -0.15) is 0 Å². The van der Waals surface area contributed by atoms with Crippen molar-refractivity contribution >= 4 is 0 Å². The van der Waals surface area contributed by atoms with Crippen LogP contribution in [0.25, 0.3) is 0 Å². The fraction of sp³-hybridized carbons (Fsp3) is 0.867. The lowest BCUT2D eigenvalue weighted by molar-refractivity contribution is 0.0208. The van der Waals surface area contributed by atoms with Gasteiger partial charge in [-0.15, -0.1) is 0 Å². The second-order valence-corrected chi connectivity index (χ2v) is 6.77. The van der Waals surface area contributed by atoms with Crippen molar-refractivity contribution in [2.24, 2.45) is 17.3 Å². The Kier molecular flexibility index (Phi) is 2.94. The minimum absolute atomic E-state index is 0.358. The van der Waals surface area contributed by atoms with Gasteiger partial charge in [-0.3, -0.25) is 0 Å². The molecule has 92 valence electrons. The Bertz CT molecular complexity index is 297. The second kappa shape index (κ2) is 3.87. The molecule has 3 atom stereocenters. The smallest absolute Gasteiger partial charge is 0.0654 e. The van der Waals surface area contributed by atoms with E-state index < -0.39 is 5.60 Å². The molecule has 16 heavy (non-hydrogen) atoms. The highest BCUT2D eigenvalue weighted by Crippen LogP contribution is 2.51. The molecular weight excluding hydrogens is 196 g/mol. The zero-order valence-corrected chi connectivity index (χ0v) is 11.2. The molecule has 1 nitrogen and oxygen atoms in total. The van der Waals surface area contributed by atoms with Gasteiger partial charge in [0.15, 0.2) is 0 Å². The normalized spacial score (nSPS) is 40.2. The Balaban J connectivity index is 2.29. The molecule has 2 rings (SSSR count). The zero-order valence-electron chi connectivity index (χ0n) is 11.2. The molecule has 1 fully saturated rings. The van der Waals surface area contributed by atoms with Crippen LogP contribution in [0.5, 0.6) is 0 Å². The average molecular weight is 222 g/mol. The van der Waals surface area contributed by atoms with Crippen molar-refractivity contribution in [3.8, 4) is 0 Å². The third kappa shape index (κ3) is 2.07. The quantitative estimate of drug-likeness (QED) is 0.667. The highest BCUT2D eigenvalue weighted by atomic mass is 16.3. The molecule has 1 unspecified atom stereocenters. The van der Waals surface area contributed by atoms with Gasteiger partial charge in [0.25, 0.3) is 0 Å². The number of hydrogen-bond donors (Lipinski definition) is 1. The molecule has 1 N–H and O–H groups in total. The number of aliphatic hydroxyl groups is 1. The maximum absolute atomic E-state index is 10.2. The Morgan fingerprint density at radius 3 is 2.62 bits per heavy atom. The molecule has 0 spiro atoms. The van der Waals surface area contributed by atoms with Crippen LogP contribution in [0, 0.1) is 17.3 Å². The monoisotopic (exact) mass is 222 g/mol. The summed E-state index contributed by atoms with van der Waals surface area (Å²) in [6, 6.07) is 0. The van der Waals surface area contributed by atoms with Gasteiger partial charge in [-0.25, -0.2) is 0 Å². The molecule has 0 saturated heterocycles. The highest BCUT2D eigenvalue weighted by Gasteiger charge is 2.41. The Hall–Kier alpha value is -0.300. The number of hydrogen-bond acceptors (Lipinski definition) is 1. The summed E-state index contributed by atoms with van der Waals surface area (Å²) < 4.78 is 0. The first-order chi connectivity index (χ1) is 7.33. The van der Waals surface area contributed by atoms with Crippen molar-refractivity contribution in [2.45, 2.75) is 65.4 Å². The standard InChI is InChI=1S/C15H26O/c1-11-6-5-8-15(4)9-7-12(10-13(11)15)14(2,3)16/h10-12,16H,5-9H2,1-4H3/t11-,12?,15+/m1/s1. The van der Waals surface area contributed by atoms with E-state index in [-0.39, 0.29) is 0 Å². The first kappa shape index (κ1) is 12.2. The molecule has 0 aromatic rings. The van der Waals surface area contributed by atoms with Gasteiger partial charge in [0.2, 0.25) is 0 Å². The van der Waals surface area contributed by atoms with Crippen LogP contribution >= 0.6 is 0 Å². The summed E-state index contributed by atoms with van der Waals surface area (Å²) in [6.07, 6.45) is 8.88. The minimum Gasteiger partial charge on any atom is -0.390 e. The van der Waals surface area contributed by atoms with Crippen LogP contribution in [0.3, 0.4) is 0 Å². The fourth-order valence-corrected chi connectivity index (χ4v) is 3.66. The summed E-state index contributed by atoms with van der Waals surface area (Å²) in [4.78, 5) is 0. The van der Waals surface area contributed by atoms with E-state index in [1.54, 1.807) is 5.57 Å². The van der Waals surface area contributed by atoms with Crippen LogP contribution in [0.1, 0.15) is 59.8 Å². The molecule has 0 aromatic heterocycles. The van der Waals surface area contributed by atoms with Crippen LogP contribution in [0.2, 0.25) is 0 Å². The Morgan fingerprint density at radius 1 is 1.31 bits per heavy atom. The molecule has 0 heterocycles. The maximum atomic E-state index is 10.2. The van der Waals surface area contributed by atoms with E-state index >= 15 is 0 Å². The summed E-state index contributed by atoms with van der Waals surface area (Å²) in [5.41, 5.74) is 1.53. The maximum Gasteiger partial charge on any atom is 0.0654 e. The minimum atomic E-state index is -0.550. The van der Waals surface area contributed by atoms with Crippen molar-refractivity contribution in [1.82, 2.24) is 0 Å². The molecular formula is C15H26O. The van der Waals surface area contributed by atoms with Crippen molar-refractivity contribution in [2.75, 3.05) is 0 Å². The fourth-order valence-electron chi connectivity index (χ4n) is 3.66. The lowest BCUT2D eigenvalue weighted by atomic mass is 9.60. The molecule has 0 radical (unpaired) electrons. The molecule has 1 saturated carbocycles. The largest absolute Gasteiger partial charge is 0.390 e. The van der Waals surface area contributed by atoms with E-state index in [9.17, 15) is 5.11 Å². The van der Waals surface area contributed by atoms with E-state index in [1.165, 1.54) is 25.7 Å². The first-order valence-corrected chi connectivity index (χ1v) is 6.77.